The molecule has 2 heterocycles. The Morgan fingerprint density at radius 2 is 1.78 bits per heavy atom. The molecule has 0 spiro atoms. The van der Waals surface area contributed by atoms with Crippen molar-refractivity contribution in [1.82, 2.24) is 9.80 Å². The molecule has 2 aromatic rings. The summed E-state index contributed by atoms with van der Waals surface area (Å²) in [6.45, 7) is 5.61. The molecule has 3 aliphatic rings. The van der Waals surface area contributed by atoms with Crippen molar-refractivity contribution < 1.29 is 19.1 Å². The highest BCUT2D eigenvalue weighted by atomic mass is 16.5. The van der Waals surface area contributed by atoms with Crippen molar-refractivity contribution in [2.45, 2.75) is 32.6 Å². The fraction of sp³-hybridized carbons (Fsp3) is 0.367. The van der Waals surface area contributed by atoms with Gasteiger partial charge in [-0.1, -0.05) is 60.2 Å². The molecule has 0 N–H and O–H groups in total. The zero-order valence-corrected chi connectivity index (χ0v) is 20.7. The van der Waals surface area contributed by atoms with E-state index in [2.05, 4.69) is 42.2 Å². The molecule has 36 heavy (non-hydrogen) atoms. The molecule has 2 aliphatic heterocycles. The predicted octanol–water partition coefficient (Wildman–Crippen LogP) is 4.22. The zero-order chi connectivity index (χ0) is 25.1. The number of amides is 1. The third-order valence-corrected chi connectivity index (χ3v) is 7.37. The number of ketones is 1. The lowest BCUT2D eigenvalue weighted by Gasteiger charge is -2.36. The number of nitrogens with zero attached hydrogens (tertiary/aromatic N) is 2. The molecule has 1 aliphatic carbocycles. The average Bonchev–Trinajstić information content (AvgIpc) is 2.91. The topological polar surface area (TPSA) is 66.9 Å². The monoisotopic (exact) mass is 484 g/mol. The number of benzene rings is 2. The summed E-state index contributed by atoms with van der Waals surface area (Å²) in [4.78, 5) is 41.7. The van der Waals surface area contributed by atoms with Gasteiger partial charge in [0, 0.05) is 44.7 Å². The van der Waals surface area contributed by atoms with Crippen LogP contribution in [0.15, 0.2) is 60.7 Å². The number of allylic oxidation sites excluding steroid dienone is 3. The van der Waals surface area contributed by atoms with Gasteiger partial charge >= 0.3 is 5.97 Å². The summed E-state index contributed by atoms with van der Waals surface area (Å²) in [7, 11) is 0. The highest BCUT2D eigenvalue weighted by molar-refractivity contribution is 5.97. The van der Waals surface area contributed by atoms with E-state index in [1.165, 1.54) is 16.7 Å². The molecular formula is C30H32N2O4. The molecule has 5 rings (SSSR count). The first-order valence-corrected chi connectivity index (χ1v) is 12.8. The van der Waals surface area contributed by atoms with E-state index >= 15 is 0 Å². The largest absolute Gasteiger partial charge is 0.426 e. The minimum atomic E-state index is -0.245. The minimum Gasteiger partial charge on any atom is -0.426 e. The van der Waals surface area contributed by atoms with Gasteiger partial charge in [0.2, 0.25) is 5.91 Å². The second-order valence-corrected chi connectivity index (χ2v) is 9.89. The first-order chi connectivity index (χ1) is 17.5. The van der Waals surface area contributed by atoms with E-state index in [0.29, 0.717) is 50.2 Å². The Morgan fingerprint density at radius 1 is 1.00 bits per heavy atom. The van der Waals surface area contributed by atoms with Crippen LogP contribution >= 0.6 is 0 Å². The van der Waals surface area contributed by atoms with Crippen molar-refractivity contribution in [3.63, 3.8) is 0 Å². The van der Waals surface area contributed by atoms with Crippen LogP contribution in [0.2, 0.25) is 0 Å². The number of carbonyl (C=O) groups is 3. The number of Topliss-reactive ketones (excluding diaryl/α,β-unsaturated/α-hetero) is 1. The number of hydrogen-bond donors (Lipinski definition) is 0. The molecule has 0 bridgehead atoms. The van der Waals surface area contributed by atoms with E-state index in [0.717, 1.165) is 25.1 Å². The smallest absolute Gasteiger partial charge is 0.311 e. The Balaban J connectivity index is 1.10. The van der Waals surface area contributed by atoms with Gasteiger partial charge in [-0.15, -0.1) is 0 Å². The number of esters is 1. The van der Waals surface area contributed by atoms with E-state index in [-0.39, 0.29) is 23.6 Å². The first-order valence-electron chi connectivity index (χ1n) is 12.8. The Hall–Kier alpha value is -3.51. The number of hydrogen-bond acceptors (Lipinski definition) is 5. The van der Waals surface area contributed by atoms with Gasteiger partial charge in [0.05, 0.1) is 12.3 Å². The molecular weight excluding hydrogens is 452 g/mol. The number of aryl methyl sites for hydroxylation is 2. The van der Waals surface area contributed by atoms with Crippen molar-refractivity contribution in [1.29, 1.82) is 0 Å². The third kappa shape index (κ3) is 5.49. The van der Waals surface area contributed by atoms with Crippen molar-refractivity contribution >= 4 is 23.2 Å². The van der Waals surface area contributed by atoms with E-state index in [9.17, 15) is 14.4 Å². The molecule has 6 heteroatoms. The van der Waals surface area contributed by atoms with Crippen LogP contribution in [0.1, 0.15) is 46.3 Å². The molecule has 1 atom stereocenters. The van der Waals surface area contributed by atoms with Gasteiger partial charge < -0.3 is 9.64 Å². The lowest BCUT2D eigenvalue weighted by Crippen LogP contribution is -2.50. The van der Waals surface area contributed by atoms with Crippen LogP contribution in [0.5, 0.6) is 5.75 Å². The second-order valence-electron chi connectivity index (χ2n) is 9.89. The van der Waals surface area contributed by atoms with E-state index in [1.54, 1.807) is 6.07 Å². The lowest BCUT2D eigenvalue weighted by atomic mass is 9.88. The summed E-state index contributed by atoms with van der Waals surface area (Å²) in [6.07, 6.45) is 8.30. The molecule has 1 unspecified atom stereocenters. The van der Waals surface area contributed by atoms with Crippen LogP contribution in [0.3, 0.4) is 0 Å². The van der Waals surface area contributed by atoms with Gasteiger partial charge in [0.1, 0.15) is 5.75 Å². The predicted molar refractivity (Wildman–Crippen MR) is 139 cm³/mol. The first kappa shape index (κ1) is 24.2. The summed E-state index contributed by atoms with van der Waals surface area (Å²) < 4.78 is 5.29. The Morgan fingerprint density at radius 3 is 2.56 bits per heavy atom. The molecule has 186 valence electrons. The van der Waals surface area contributed by atoms with Gasteiger partial charge in [-0.05, 0) is 42.5 Å². The maximum Gasteiger partial charge on any atom is 0.311 e. The summed E-state index contributed by atoms with van der Waals surface area (Å²) in [5, 5.41) is 0. The van der Waals surface area contributed by atoms with Crippen LogP contribution in [0.25, 0.3) is 5.57 Å². The maximum atomic E-state index is 13.2. The standard InChI is InChI=1S/C30H32N2O4/c1-21-5-7-22(8-6-21)24-3-2-4-26(19-24)30(35)32-17-15-31(16-18-32)14-13-27(33)25-10-9-23-11-12-29(34)36-28(23)20-25/h2-10,20,26H,11-19H2,1H3. The average molecular weight is 485 g/mol. The van der Waals surface area contributed by atoms with E-state index in [1.807, 2.05) is 29.2 Å². The SMILES string of the molecule is Cc1ccc(C2=CC=CC(C(=O)N3CCN(CCC(=O)c4ccc5c(c4)OC(=O)CC5)CC3)C2)cc1. The number of piperazine rings is 1. The van der Waals surface area contributed by atoms with E-state index in [4.69, 9.17) is 4.74 Å². The number of ether oxygens (including phenoxy) is 1. The lowest BCUT2D eigenvalue weighted by molar-refractivity contribution is -0.136. The van der Waals surface area contributed by atoms with Gasteiger partial charge in [0.15, 0.2) is 5.78 Å². The molecule has 0 saturated carbocycles. The number of fused-ring (bicyclic) bond motifs is 1. The highest BCUT2D eigenvalue weighted by Crippen LogP contribution is 2.29. The van der Waals surface area contributed by atoms with Gasteiger partial charge in [-0.3, -0.25) is 19.3 Å². The summed E-state index contributed by atoms with van der Waals surface area (Å²) >= 11 is 0. The van der Waals surface area contributed by atoms with Crippen molar-refractivity contribution in [3.8, 4) is 5.75 Å². The van der Waals surface area contributed by atoms with Crippen LogP contribution in [-0.4, -0.2) is 60.2 Å². The molecule has 2 aromatic carbocycles. The summed E-state index contributed by atoms with van der Waals surface area (Å²) in [6, 6.07) is 13.9. The molecule has 0 radical (unpaired) electrons. The highest BCUT2D eigenvalue weighted by Gasteiger charge is 2.28. The van der Waals surface area contributed by atoms with Gasteiger partial charge in [-0.25, -0.2) is 0 Å². The van der Waals surface area contributed by atoms with Crippen molar-refractivity contribution in [2.24, 2.45) is 5.92 Å². The van der Waals surface area contributed by atoms with Gasteiger partial charge in [0.25, 0.3) is 0 Å². The van der Waals surface area contributed by atoms with Crippen LogP contribution in [0.4, 0.5) is 0 Å². The van der Waals surface area contributed by atoms with Gasteiger partial charge in [-0.2, -0.15) is 0 Å². The maximum absolute atomic E-state index is 13.2. The van der Waals surface area contributed by atoms with Crippen molar-refractivity contribution in [3.05, 3.63) is 82.9 Å². The number of carbonyl (C=O) groups excluding carboxylic acids is 3. The fourth-order valence-electron chi connectivity index (χ4n) is 5.10. The molecule has 6 nitrogen and oxygen atoms in total. The minimum absolute atomic E-state index is 0.0423. The van der Waals surface area contributed by atoms with Crippen molar-refractivity contribution in [2.75, 3.05) is 32.7 Å². The van der Waals surface area contributed by atoms with E-state index < -0.39 is 0 Å². The Bertz CT molecular complexity index is 1220. The van der Waals surface area contributed by atoms with Crippen LogP contribution < -0.4 is 4.74 Å². The van der Waals surface area contributed by atoms with Crippen LogP contribution in [0, 0.1) is 12.8 Å². The summed E-state index contributed by atoms with van der Waals surface area (Å²) in [5.74, 6) is 0.369. The van der Waals surface area contributed by atoms with Crippen LogP contribution in [-0.2, 0) is 16.0 Å². The Labute approximate surface area is 212 Å². The third-order valence-electron chi connectivity index (χ3n) is 7.37. The zero-order valence-electron chi connectivity index (χ0n) is 20.7. The quantitative estimate of drug-likeness (QED) is 0.349. The number of rotatable bonds is 6. The fourth-order valence-corrected chi connectivity index (χ4v) is 5.10. The molecule has 0 aromatic heterocycles. The molecule has 1 amide bonds. The summed E-state index contributed by atoms with van der Waals surface area (Å²) in [5.41, 5.74) is 5.16. The second kappa shape index (κ2) is 10.6. The molecule has 1 saturated heterocycles. The normalized spacial score (nSPS) is 19.9. The Kier molecular flexibility index (Phi) is 7.14. The molecule has 1 fully saturated rings.